The number of benzene rings is 1. The van der Waals surface area contributed by atoms with Gasteiger partial charge in [0, 0.05) is 10.1 Å². The van der Waals surface area contributed by atoms with Gasteiger partial charge in [0.05, 0.1) is 0 Å². The first-order chi connectivity index (χ1) is 9.15. The van der Waals surface area contributed by atoms with Crippen molar-refractivity contribution < 1.29 is 8.78 Å². The zero-order valence-corrected chi connectivity index (χ0v) is 12.4. The van der Waals surface area contributed by atoms with Gasteiger partial charge in [0.2, 0.25) is 0 Å². The molecule has 104 valence electrons. The van der Waals surface area contributed by atoms with Crippen molar-refractivity contribution in [3.63, 3.8) is 0 Å². The van der Waals surface area contributed by atoms with Crippen LogP contribution in [0.4, 0.5) is 8.78 Å². The van der Waals surface area contributed by atoms with Crippen molar-refractivity contribution in [1.29, 1.82) is 0 Å². The lowest BCUT2D eigenvalue weighted by Gasteiger charge is -2.12. The highest BCUT2D eigenvalue weighted by Gasteiger charge is 2.11. The first kappa shape index (κ1) is 16.0. The maximum atomic E-state index is 13.0. The third kappa shape index (κ3) is 5.19. The fourth-order valence-electron chi connectivity index (χ4n) is 1.76. The number of thioether (sulfide) groups is 1. The van der Waals surface area contributed by atoms with Crippen molar-refractivity contribution in [3.05, 3.63) is 53.6 Å². The van der Waals surface area contributed by atoms with E-state index in [-0.39, 0.29) is 16.9 Å². The fraction of sp³-hybridized carbons (Fsp3) is 0.375. The zero-order chi connectivity index (χ0) is 14.3. The zero-order valence-electron chi connectivity index (χ0n) is 11.6. The second kappa shape index (κ2) is 8.16. The molecular formula is C16H20F2S. The molecule has 0 saturated carbocycles. The molecule has 0 radical (unpaired) electrons. The third-order valence-electron chi connectivity index (χ3n) is 2.68. The molecule has 0 aliphatic heterocycles. The van der Waals surface area contributed by atoms with Gasteiger partial charge in [-0.3, -0.25) is 0 Å². The molecule has 3 heteroatoms. The van der Waals surface area contributed by atoms with E-state index in [1.165, 1.54) is 18.2 Å². The Morgan fingerprint density at radius 3 is 2.63 bits per heavy atom. The third-order valence-corrected chi connectivity index (χ3v) is 4.08. The molecule has 0 N–H and O–H groups in total. The predicted molar refractivity (Wildman–Crippen MR) is 79.7 cm³/mol. The molecule has 0 spiro atoms. The summed E-state index contributed by atoms with van der Waals surface area (Å²) in [6, 6.07) is 4.79. The standard InChI is InChI=1S/C14H14F2S.C2H6/c1-10-9-12(16)6-8-14(10)17-13-4-2-3-11(15)5-7-13;1-2/h3,5-9,13H,2,4H2,1H3;1-2H3. The molecule has 1 aliphatic rings. The molecule has 2 rings (SSSR count). The SMILES string of the molecule is CC.Cc1cc(F)ccc1SC1C=CC(F)=CCC1. The van der Waals surface area contributed by atoms with Crippen LogP contribution >= 0.6 is 11.8 Å². The number of halogens is 2. The first-order valence-corrected chi connectivity index (χ1v) is 7.50. The highest BCUT2D eigenvalue weighted by atomic mass is 32.2. The largest absolute Gasteiger partial charge is 0.207 e. The van der Waals surface area contributed by atoms with Gasteiger partial charge in [0.1, 0.15) is 11.6 Å². The lowest BCUT2D eigenvalue weighted by molar-refractivity contribution is 0.625. The monoisotopic (exact) mass is 282 g/mol. The second-order valence-corrected chi connectivity index (χ2v) is 5.37. The van der Waals surface area contributed by atoms with Crippen LogP contribution in [0, 0.1) is 12.7 Å². The summed E-state index contributed by atoms with van der Waals surface area (Å²) < 4.78 is 26.0. The second-order valence-electron chi connectivity index (χ2n) is 4.09. The van der Waals surface area contributed by atoms with E-state index in [9.17, 15) is 8.78 Å². The molecule has 1 aromatic carbocycles. The van der Waals surface area contributed by atoms with Crippen LogP contribution in [0.2, 0.25) is 0 Å². The van der Waals surface area contributed by atoms with Gasteiger partial charge >= 0.3 is 0 Å². The van der Waals surface area contributed by atoms with Crippen molar-refractivity contribution in [2.45, 2.75) is 43.8 Å². The van der Waals surface area contributed by atoms with Gasteiger partial charge in [-0.25, -0.2) is 8.78 Å². The molecule has 0 aromatic heterocycles. The molecule has 0 bridgehead atoms. The van der Waals surface area contributed by atoms with Gasteiger partial charge in [-0.1, -0.05) is 19.9 Å². The van der Waals surface area contributed by atoms with E-state index < -0.39 is 0 Å². The minimum absolute atomic E-state index is 0.163. The van der Waals surface area contributed by atoms with Crippen LogP contribution in [0.3, 0.4) is 0 Å². The van der Waals surface area contributed by atoms with E-state index in [1.807, 2.05) is 26.8 Å². The maximum absolute atomic E-state index is 13.0. The first-order valence-electron chi connectivity index (χ1n) is 6.62. The van der Waals surface area contributed by atoms with E-state index in [0.29, 0.717) is 0 Å². The van der Waals surface area contributed by atoms with Crippen molar-refractivity contribution in [1.82, 2.24) is 0 Å². The van der Waals surface area contributed by atoms with Crippen LogP contribution < -0.4 is 0 Å². The summed E-state index contributed by atoms with van der Waals surface area (Å²) in [7, 11) is 0. The minimum Gasteiger partial charge on any atom is -0.207 e. The molecule has 0 saturated heterocycles. The van der Waals surface area contributed by atoms with E-state index in [4.69, 9.17) is 0 Å². The Balaban J connectivity index is 0.000000861. The van der Waals surface area contributed by atoms with Crippen molar-refractivity contribution in [3.8, 4) is 0 Å². The molecule has 0 fully saturated rings. The van der Waals surface area contributed by atoms with Gasteiger partial charge < -0.3 is 0 Å². The Kier molecular flexibility index (Phi) is 6.85. The van der Waals surface area contributed by atoms with Crippen LogP contribution in [-0.4, -0.2) is 5.25 Å². The summed E-state index contributed by atoms with van der Waals surface area (Å²) in [5, 5.41) is 0.253. The number of allylic oxidation sites excluding steroid dienone is 3. The smallest absolute Gasteiger partial charge is 0.123 e. The molecule has 1 aromatic rings. The minimum atomic E-state index is -0.212. The molecule has 19 heavy (non-hydrogen) atoms. The Labute approximate surface area is 118 Å². The summed E-state index contributed by atoms with van der Waals surface area (Å²) in [6.45, 7) is 5.89. The van der Waals surface area contributed by atoms with Crippen LogP contribution in [-0.2, 0) is 0 Å². The van der Waals surface area contributed by atoms with E-state index in [0.717, 1.165) is 23.3 Å². The molecule has 1 aliphatic carbocycles. The van der Waals surface area contributed by atoms with Crippen molar-refractivity contribution >= 4 is 11.8 Å². The predicted octanol–water partition coefficient (Wildman–Crippen LogP) is 5.82. The van der Waals surface area contributed by atoms with Crippen LogP contribution in [0.25, 0.3) is 0 Å². The molecule has 0 nitrogen and oxygen atoms in total. The Morgan fingerprint density at radius 1 is 1.21 bits per heavy atom. The van der Waals surface area contributed by atoms with Gasteiger partial charge in [-0.05, 0) is 55.7 Å². The average Bonchev–Trinajstić information content (AvgIpc) is 2.60. The van der Waals surface area contributed by atoms with Crippen molar-refractivity contribution in [2.24, 2.45) is 0 Å². The summed E-state index contributed by atoms with van der Waals surface area (Å²) >= 11 is 1.66. The molecule has 1 unspecified atom stereocenters. The maximum Gasteiger partial charge on any atom is 0.123 e. The Hall–Kier alpha value is -1.09. The van der Waals surface area contributed by atoms with Crippen LogP contribution in [0.5, 0.6) is 0 Å². The summed E-state index contributed by atoms with van der Waals surface area (Å²) in [5.41, 5.74) is 0.932. The molecule has 0 heterocycles. The number of aryl methyl sites for hydroxylation is 1. The number of hydrogen-bond donors (Lipinski definition) is 0. The van der Waals surface area contributed by atoms with Gasteiger partial charge in [0.15, 0.2) is 0 Å². The van der Waals surface area contributed by atoms with Crippen LogP contribution in [0.15, 0.2) is 47.1 Å². The topological polar surface area (TPSA) is 0 Å². The molecular weight excluding hydrogens is 262 g/mol. The highest BCUT2D eigenvalue weighted by molar-refractivity contribution is 8.00. The fourth-order valence-corrected chi connectivity index (χ4v) is 2.88. The van der Waals surface area contributed by atoms with E-state index in [2.05, 4.69) is 0 Å². The lowest BCUT2D eigenvalue weighted by Crippen LogP contribution is -1.97. The van der Waals surface area contributed by atoms with Crippen molar-refractivity contribution in [2.75, 3.05) is 0 Å². The summed E-state index contributed by atoms with van der Waals surface area (Å²) in [5.74, 6) is -0.375. The highest BCUT2D eigenvalue weighted by Crippen LogP contribution is 2.31. The lowest BCUT2D eigenvalue weighted by atomic mass is 10.2. The number of hydrogen-bond acceptors (Lipinski definition) is 1. The normalized spacial score (nSPS) is 18.2. The number of rotatable bonds is 2. The summed E-state index contributed by atoms with van der Waals surface area (Å²) in [4.78, 5) is 1.06. The van der Waals surface area contributed by atoms with Gasteiger partial charge in [-0.15, -0.1) is 11.8 Å². The Morgan fingerprint density at radius 2 is 1.95 bits per heavy atom. The van der Waals surface area contributed by atoms with Gasteiger partial charge in [-0.2, -0.15) is 0 Å². The summed E-state index contributed by atoms with van der Waals surface area (Å²) in [6.07, 6.45) is 6.66. The van der Waals surface area contributed by atoms with E-state index >= 15 is 0 Å². The Bertz CT molecular complexity index is 464. The molecule has 1 atom stereocenters. The average molecular weight is 282 g/mol. The van der Waals surface area contributed by atoms with Crippen LogP contribution in [0.1, 0.15) is 32.3 Å². The quantitative estimate of drug-likeness (QED) is 0.658. The van der Waals surface area contributed by atoms with Gasteiger partial charge in [0.25, 0.3) is 0 Å². The molecule has 0 amide bonds. The van der Waals surface area contributed by atoms with E-state index in [1.54, 1.807) is 23.9 Å².